The smallest absolute Gasteiger partial charge is 0.269 e. The molecule has 0 bridgehead atoms. The Balaban J connectivity index is 2.02. The van der Waals surface area contributed by atoms with E-state index < -0.39 is 15.3 Å². The van der Waals surface area contributed by atoms with Crippen LogP contribution in [0.3, 0.4) is 0 Å². The molecule has 1 fully saturated rings. The molecule has 0 amide bonds. The van der Waals surface area contributed by atoms with E-state index in [1.807, 2.05) is 30.3 Å². The quantitative estimate of drug-likeness (QED) is 0.353. The highest BCUT2D eigenvalue weighted by molar-refractivity contribution is 9.10. The van der Waals surface area contributed by atoms with Gasteiger partial charge in [0.25, 0.3) is 5.69 Å². The summed E-state index contributed by atoms with van der Waals surface area (Å²) >= 11 is 3.46. The molecule has 0 N–H and O–H groups in total. The number of hydrogen-bond donors (Lipinski definition) is 0. The number of hydroxylamine groups is 1. The van der Waals surface area contributed by atoms with Crippen LogP contribution in [0.2, 0.25) is 0 Å². The Kier molecular flexibility index (Phi) is 4.14. The number of benzene rings is 2. The van der Waals surface area contributed by atoms with Crippen LogP contribution >= 0.6 is 15.9 Å². The lowest BCUT2D eigenvalue weighted by Crippen LogP contribution is -2.35. The molecule has 7 heteroatoms. The van der Waals surface area contributed by atoms with Gasteiger partial charge in [-0.1, -0.05) is 34.1 Å². The number of nitro benzene ring substituents is 1. The third kappa shape index (κ3) is 2.85. The molecule has 1 heterocycles. The number of halogens is 1. The minimum atomic E-state index is -0.918. The Labute approximate surface area is 140 Å². The Bertz CT molecular complexity index is 723. The van der Waals surface area contributed by atoms with E-state index in [2.05, 4.69) is 15.9 Å². The predicted molar refractivity (Wildman–Crippen MR) is 88.4 cm³/mol. The van der Waals surface area contributed by atoms with Crippen molar-refractivity contribution in [2.75, 3.05) is 11.7 Å². The van der Waals surface area contributed by atoms with Crippen molar-refractivity contribution in [1.82, 2.24) is 0 Å². The summed E-state index contributed by atoms with van der Waals surface area (Å²) in [6.07, 6.45) is 0.808. The van der Waals surface area contributed by atoms with Crippen LogP contribution in [-0.2, 0) is 9.63 Å². The summed E-state index contributed by atoms with van der Waals surface area (Å²) in [7, 11) is 0. The molecule has 1 aliphatic heterocycles. The molecule has 1 saturated heterocycles. The fraction of sp³-hybridized carbons (Fsp3) is 0.188. The lowest BCUT2D eigenvalue weighted by Gasteiger charge is -2.29. The van der Waals surface area contributed by atoms with Crippen molar-refractivity contribution in [3.63, 3.8) is 0 Å². The van der Waals surface area contributed by atoms with Gasteiger partial charge in [0.15, 0.2) is 0 Å². The first kappa shape index (κ1) is 15.6. The van der Waals surface area contributed by atoms with Gasteiger partial charge in [-0.2, -0.15) is 0 Å². The Morgan fingerprint density at radius 3 is 2.43 bits per heavy atom. The summed E-state index contributed by atoms with van der Waals surface area (Å²) in [5.41, 5.74) is 1.56. The van der Waals surface area contributed by atoms with Crippen LogP contribution in [-0.4, -0.2) is 22.1 Å². The zero-order valence-corrected chi connectivity index (χ0v) is 13.5. The first-order valence-electron chi connectivity index (χ1n) is 6.92. The Hall–Kier alpha value is -2.25. The number of carbonyl (C=O) groups is 1. The highest BCUT2D eigenvalue weighted by Crippen LogP contribution is 2.45. The van der Waals surface area contributed by atoms with Crippen molar-refractivity contribution in [2.24, 2.45) is 0 Å². The maximum Gasteiger partial charge on any atom is 0.269 e. The van der Waals surface area contributed by atoms with Crippen LogP contribution in [0.5, 0.6) is 0 Å². The Morgan fingerprint density at radius 1 is 1.22 bits per heavy atom. The van der Waals surface area contributed by atoms with Gasteiger partial charge in [0.2, 0.25) is 0 Å². The molecule has 6 nitrogen and oxygen atoms in total. The van der Waals surface area contributed by atoms with Crippen molar-refractivity contribution in [3.05, 3.63) is 70.3 Å². The van der Waals surface area contributed by atoms with Crippen molar-refractivity contribution < 1.29 is 14.6 Å². The molecule has 118 valence electrons. The van der Waals surface area contributed by atoms with E-state index >= 15 is 0 Å². The van der Waals surface area contributed by atoms with Crippen LogP contribution in [0.25, 0.3) is 0 Å². The van der Waals surface area contributed by atoms with Crippen molar-refractivity contribution >= 4 is 33.6 Å². The predicted octanol–water partition coefficient (Wildman–Crippen LogP) is 3.42. The van der Waals surface area contributed by atoms with Crippen molar-refractivity contribution in [3.8, 4) is 0 Å². The molecule has 0 aliphatic carbocycles. The average Bonchev–Trinajstić information content (AvgIpc) is 2.94. The molecule has 2 aromatic rings. The maximum atomic E-state index is 11.6. The van der Waals surface area contributed by atoms with E-state index in [-0.39, 0.29) is 12.3 Å². The molecular formula is C16H13BrN2O4. The topological polar surface area (TPSA) is 72.7 Å². The molecule has 1 aliphatic rings. The first-order valence-corrected chi connectivity index (χ1v) is 7.71. The summed E-state index contributed by atoms with van der Waals surface area (Å²) in [6.45, 7) is 0.174. The number of non-ortho nitro benzene ring substituents is 1. The summed E-state index contributed by atoms with van der Waals surface area (Å²) in [5, 5.41) is 12.5. The zero-order chi connectivity index (χ0) is 16.4. The van der Waals surface area contributed by atoms with Gasteiger partial charge >= 0.3 is 0 Å². The molecule has 0 saturated carbocycles. The molecule has 0 spiro atoms. The summed E-state index contributed by atoms with van der Waals surface area (Å²) < 4.78 is -0.918. The summed E-state index contributed by atoms with van der Waals surface area (Å²) in [5.74, 6) is 0. The number of nitrogens with zero attached hydrogens (tertiary/aromatic N) is 2. The van der Waals surface area contributed by atoms with Crippen LogP contribution in [0, 0.1) is 10.1 Å². The standard InChI is InChI=1S/C16H13BrN2O4/c17-16(10-20)11-23-18(13-4-2-1-3-5-13)15(16)12-6-8-14(9-7-12)19(21)22/h1-10,15H,11H2/t15-,16-/m1/s1. The second-order valence-corrected chi connectivity index (χ2v) is 6.71. The fourth-order valence-electron chi connectivity index (χ4n) is 2.60. The molecule has 0 aromatic heterocycles. The lowest BCUT2D eigenvalue weighted by atomic mass is 9.94. The minimum Gasteiger partial charge on any atom is -0.302 e. The number of para-hydroxylation sites is 1. The molecule has 2 aromatic carbocycles. The summed E-state index contributed by atoms with van der Waals surface area (Å²) in [4.78, 5) is 27.7. The van der Waals surface area contributed by atoms with E-state index in [9.17, 15) is 14.9 Å². The van der Waals surface area contributed by atoms with Gasteiger partial charge in [-0.25, -0.2) is 5.06 Å². The van der Waals surface area contributed by atoms with Crippen LogP contribution in [0.15, 0.2) is 54.6 Å². The van der Waals surface area contributed by atoms with Gasteiger partial charge in [0.1, 0.15) is 16.7 Å². The minimum absolute atomic E-state index is 0.00482. The van der Waals surface area contributed by atoms with E-state index in [1.54, 1.807) is 17.2 Å². The van der Waals surface area contributed by atoms with Crippen molar-refractivity contribution in [1.29, 1.82) is 0 Å². The molecule has 0 radical (unpaired) electrons. The van der Waals surface area contributed by atoms with Gasteiger partial charge in [-0.05, 0) is 29.8 Å². The number of anilines is 1. The second kappa shape index (κ2) is 6.10. The van der Waals surface area contributed by atoms with E-state index in [0.717, 1.165) is 17.5 Å². The highest BCUT2D eigenvalue weighted by Gasteiger charge is 2.48. The number of rotatable bonds is 4. The molecule has 2 atom stereocenters. The van der Waals surface area contributed by atoms with Gasteiger partial charge in [-0.15, -0.1) is 0 Å². The van der Waals surface area contributed by atoms with E-state index in [0.29, 0.717) is 0 Å². The fourth-order valence-corrected chi connectivity index (χ4v) is 3.16. The number of aldehydes is 1. The monoisotopic (exact) mass is 376 g/mol. The van der Waals surface area contributed by atoms with Gasteiger partial charge < -0.3 is 4.79 Å². The normalized spacial score (nSPS) is 23.7. The SMILES string of the molecule is O=C[C@@]1(Br)CON(c2ccccc2)[C@@H]1c1ccc([N+](=O)[O-])cc1. The highest BCUT2D eigenvalue weighted by atomic mass is 79.9. The van der Waals surface area contributed by atoms with Crippen LogP contribution < -0.4 is 5.06 Å². The molecule has 0 unspecified atom stereocenters. The van der Waals surface area contributed by atoms with E-state index in [1.165, 1.54) is 12.1 Å². The number of nitro groups is 1. The molecular weight excluding hydrogens is 364 g/mol. The first-order chi connectivity index (χ1) is 11.0. The summed E-state index contributed by atoms with van der Waals surface area (Å²) in [6, 6.07) is 15.1. The maximum absolute atomic E-state index is 11.6. The number of alkyl halides is 1. The van der Waals surface area contributed by atoms with Crippen LogP contribution in [0.4, 0.5) is 11.4 Å². The zero-order valence-electron chi connectivity index (χ0n) is 12.0. The second-order valence-electron chi connectivity index (χ2n) is 5.23. The van der Waals surface area contributed by atoms with Gasteiger partial charge in [0, 0.05) is 12.1 Å². The van der Waals surface area contributed by atoms with Gasteiger partial charge in [0.05, 0.1) is 17.2 Å². The third-order valence-corrected chi connectivity index (χ3v) is 4.59. The Morgan fingerprint density at radius 2 is 1.87 bits per heavy atom. The van der Waals surface area contributed by atoms with E-state index in [4.69, 9.17) is 4.84 Å². The average molecular weight is 377 g/mol. The van der Waals surface area contributed by atoms with Gasteiger partial charge in [-0.3, -0.25) is 15.0 Å². The number of hydrogen-bond acceptors (Lipinski definition) is 5. The molecule has 23 heavy (non-hydrogen) atoms. The molecule has 3 rings (SSSR count). The lowest BCUT2D eigenvalue weighted by molar-refractivity contribution is -0.384. The van der Waals surface area contributed by atoms with Crippen molar-refractivity contribution in [2.45, 2.75) is 10.4 Å². The third-order valence-electron chi connectivity index (χ3n) is 3.74. The van der Waals surface area contributed by atoms with Crippen LogP contribution in [0.1, 0.15) is 11.6 Å². The number of carbonyl (C=O) groups excluding carboxylic acids is 1. The largest absolute Gasteiger partial charge is 0.302 e.